The van der Waals surface area contributed by atoms with Crippen molar-refractivity contribution in [3.63, 3.8) is 0 Å². The molecule has 5 rings (SSSR count). The number of anilines is 1. The van der Waals surface area contributed by atoms with Crippen molar-refractivity contribution in [3.8, 4) is 11.7 Å². The van der Waals surface area contributed by atoms with Gasteiger partial charge in [-0.05, 0) is 88.5 Å². The molecule has 1 atom stereocenters. The summed E-state index contributed by atoms with van der Waals surface area (Å²) in [6.45, 7) is 7.70. The monoisotopic (exact) mass is 599 g/mol. The molecule has 1 aromatic carbocycles. The van der Waals surface area contributed by atoms with E-state index >= 15 is 0 Å². The third-order valence-electron chi connectivity index (χ3n) is 8.43. The number of nitrogens with one attached hydrogen (secondary N) is 1. The smallest absolute Gasteiger partial charge is 0.268 e. The number of amides is 1. The molecule has 3 aromatic rings. The van der Waals surface area contributed by atoms with Gasteiger partial charge in [0.05, 0.1) is 17.1 Å². The lowest BCUT2D eigenvalue weighted by Gasteiger charge is -2.36. The van der Waals surface area contributed by atoms with E-state index < -0.39 is 26.0 Å². The average Bonchev–Trinajstić information content (AvgIpc) is 3.47. The number of hydrogen-bond acceptors (Lipinski definition) is 7. The van der Waals surface area contributed by atoms with Crippen molar-refractivity contribution in [2.45, 2.75) is 61.6 Å². The zero-order valence-electron chi connectivity index (χ0n) is 24.8. The highest BCUT2D eigenvalue weighted by Gasteiger charge is 2.49. The first-order valence-corrected chi connectivity index (χ1v) is 18.3. The number of aromatic nitrogens is 3. The Balaban J connectivity index is 1.40. The average molecular weight is 600 g/mol. The molecule has 41 heavy (non-hydrogen) atoms. The highest BCUT2D eigenvalue weighted by molar-refractivity contribution is 8.33. The van der Waals surface area contributed by atoms with Gasteiger partial charge in [-0.15, -0.1) is 5.10 Å². The number of ether oxygens (including phenoxy) is 1. The van der Waals surface area contributed by atoms with Crippen molar-refractivity contribution < 1.29 is 17.9 Å². The largest absolute Gasteiger partial charge is 0.477 e. The zero-order chi connectivity index (χ0) is 29.6. The minimum Gasteiger partial charge on any atom is -0.477 e. The van der Waals surface area contributed by atoms with E-state index in [1.165, 1.54) is 25.0 Å². The van der Waals surface area contributed by atoms with Gasteiger partial charge in [-0.25, -0.2) is 32.8 Å². The van der Waals surface area contributed by atoms with Crippen molar-refractivity contribution in [1.29, 1.82) is 0 Å². The maximum absolute atomic E-state index is 13.4. The molecular weight excluding hydrogens is 558 g/mol. The molecule has 2 fully saturated rings. The summed E-state index contributed by atoms with van der Waals surface area (Å²) in [6, 6.07) is 13.0. The van der Waals surface area contributed by atoms with Crippen LogP contribution in [0.1, 0.15) is 56.8 Å². The molecule has 1 aliphatic heterocycles. The lowest BCUT2D eigenvalue weighted by molar-refractivity contribution is 0.0981. The Kier molecular flexibility index (Phi) is 7.65. The van der Waals surface area contributed by atoms with Gasteiger partial charge in [0.2, 0.25) is 5.88 Å². The van der Waals surface area contributed by atoms with Gasteiger partial charge in [-0.2, -0.15) is 0 Å². The van der Waals surface area contributed by atoms with Crippen molar-refractivity contribution >= 4 is 31.8 Å². The van der Waals surface area contributed by atoms with Crippen LogP contribution in [0.4, 0.5) is 5.82 Å². The Morgan fingerprint density at radius 2 is 1.78 bits per heavy atom. The molecule has 1 aliphatic carbocycles. The van der Waals surface area contributed by atoms with Crippen molar-refractivity contribution in [2.75, 3.05) is 36.8 Å². The van der Waals surface area contributed by atoms with E-state index in [1.807, 2.05) is 6.07 Å². The van der Waals surface area contributed by atoms with E-state index in [9.17, 15) is 13.2 Å². The molecule has 2 aliphatic rings. The Morgan fingerprint density at radius 1 is 1.07 bits per heavy atom. The van der Waals surface area contributed by atoms with Gasteiger partial charge in [-0.1, -0.05) is 25.1 Å². The molecule has 1 saturated carbocycles. The normalized spacial score (nSPS) is 20.0. The molecule has 222 valence electrons. The summed E-state index contributed by atoms with van der Waals surface area (Å²) >= 11 is 0. The maximum Gasteiger partial charge on any atom is 0.268 e. The van der Waals surface area contributed by atoms with Crippen LogP contribution in [-0.2, 0) is 10.0 Å². The summed E-state index contributed by atoms with van der Waals surface area (Å²) in [6.07, 6.45) is 13.4. The molecule has 0 bridgehead atoms. The molecule has 3 heterocycles. The molecule has 1 saturated heterocycles. The molecule has 1 amide bonds. The summed E-state index contributed by atoms with van der Waals surface area (Å²) in [4.78, 5) is 20.4. The number of rotatable bonds is 10. The molecule has 0 radical (unpaired) electrons. The molecule has 9 nitrogen and oxygen atoms in total. The third kappa shape index (κ3) is 6.11. The first-order valence-electron chi connectivity index (χ1n) is 14.0. The predicted octanol–water partition coefficient (Wildman–Crippen LogP) is 5.01. The third-order valence-corrected chi connectivity index (χ3v) is 13.0. The molecule has 11 heteroatoms. The first-order chi connectivity index (χ1) is 19.2. The van der Waals surface area contributed by atoms with Gasteiger partial charge in [0.25, 0.3) is 15.9 Å². The molecule has 1 N–H and O–H groups in total. The van der Waals surface area contributed by atoms with Crippen LogP contribution in [0.25, 0.3) is 5.82 Å². The second kappa shape index (κ2) is 10.7. The lowest BCUT2D eigenvalue weighted by atomic mass is 9.97. The highest BCUT2D eigenvalue weighted by atomic mass is 32.3. The summed E-state index contributed by atoms with van der Waals surface area (Å²) < 4.78 is 36.2. The number of carbonyl (C=O) groups is 1. The van der Waals surface area contributed by atoms with E-state index in [4.69, 9.17) is 9.72 Å². The standard InChI is InChI=1S/C30H41N5O4S2/c1-22-20-29(2,3)34(21-22)27-24(28(36)33-41(37,38)23-10-8-7-9-11-23)12-13-25(31-27)35-18-14-26(32-35)39-19-17-30(15-16-30)40(4,5)6/h7-14,18,22H,15-17,19-21H2,1-6H3,(H,33,36)/t22-/m0/s1. The van der Waals surface area contributed by atoms with E-state index in [1.54, 1.807) is 41.2 Å². The number of benzene rings is 1. The number of nitrogens with zero attached hydrogens (tertiary/aromatic N) is 4. The Bertz CT molecular complexity index is 1530. The lowest BCUT2D eigenvalue weighted by Crippen LogP contribution is -2.41. The minimum absolute atomic E-state index is 0.0233. The molecule has 2 aromatic heterocycles. The van der Waals surface area contributed by atoms with Crippen LogP contribution < -0.4 is 14.4 Å². The second-order valence-corrected chi connectivity index (χ2v) is 19.0. The Morgan fingerprint density at radius 3 is 2.39 bits per heavy atom. The number of hydrogen-bond donors (Lipinski definition) is 1. The fourth-order valence-corrected chi connectivity index (χ4v) is 8.92. The van der Waals surface area contributed by atoms with Crippen LogP contribution in [0.2, 0.25) is 0 Å². The van der Waals surface area contributed by atoms with E-state index in [2.05, 4.69) is 54.3 Å². The Hall–Kier alpha value is -3.05. The van der Waals surface area contributed by atoms with E-state index in [-0.39, 0.29) is 16.0 Å². The quantitative estimate of drug-likeness (QED) is 0.349. The van der Waals surface area contributed by atoms with Gasteiger partial charge >= 0.3 is 0 Å². The van der Waals surface area contributed by atoms with Crippen LogP contribution in [0.3, 0.4) is 0 Å². The van der Waals surface area contributed by atoms with E-state index in [0.29, 0.717) is 41.3 Å². The van der Waals surface area contributed by atoms with Gasteiger partial charge in [0.1, 0.15) is 5.82 Å². The number of sulfonamides is 1. The summed E-state index contributed by atoms with van der Waals surface area (Å²) in [5, 5.41) is 4.60. The van der Waals surface area contributed by atoms with Gasteiger partial charge in [-0.3, -0.25) is 4.79 Å². The zero-order valence-corrected chi connectivity index (χ0v) is 26.4. The van der Waals surface area contributed by atoms with Crippen molar-refractivity contribution in [2.24, 2.45) is 5.92 Å². The Labute approximate surface area is 245 Å². The summed E-state index contributed by atoms with van der Waals surface area (Å²) in [7, 11) is -4.69. The SMILES string of the molecule is C[C@@H]1CN(c2nc(-n3ccc(OCCC4(S(C)(C)C)CC4)n3)ccc2C(=O)NS(=O)(=O)c2ccccc2)C(C)(C)C1. The van der Waals surface area contributed by atoms with Gasteiger partial charge < -0.3 is 9.64 Å². The second-order valence-electron chi connectivity index (χ2n) is 12.7. The molecule has 0 unspecified atom stereocenters. The van der Waals surface area contributed by atoms with Crippen LogP contribution in [0.15, 0.2) is 59.6 Å². The topological polar surface area (TPSA) is 106 Å². The fourth-order valence-electron chi connectivity index (χ4n) is 5.91. The van der Waals surface area contributed by atoms with Crippen LogP contribution in [0, 0.1) is 5.92 Å². The van der Waals surface area contributed by atoms with Gasteiger partial charge in [0.15, 0.2) is 5.82 Å². The summed E-state index contributed by atoms with van der Waals surface area (Å²) in [5.74, 6) is 1.13. The van der Waals surface area contributed by atoms with Crippen LogP contribution in [-0.4, -0.2) is 71.3 Å². The number of pyridine rings is 1. The van der Waals surface area contributed by atoms with Crippen molar-refractivity contribution in [1.82, 2.24) is 19.5 Å². The van der Waals surface area contributed by atoms with Gasteiger partial charge in [0, 0.05) is 29.1 Å². The van der Waals surface area contributed by atoms with Crippen LogP contribution in [0.5, 0.6) is 5.88 Å². The summed E-state index contributed by atoms with van der Waals surface area (Å²) in [5.41, 5.74) is -0.0802. The molecule has 0 spiro atoms. The van der Waals surface area contributed by atoms with Crippen molar-refractivity contribution in [3.05, 3.63) is 60.3 Å². The predicted molar refractivity (Wildman–Crippen MR) is 165 cm³/mol. The fraction of sp³-hybridized carbons (Fsp3) is 0.500. The first kappa shape index (κ1) is 29.4. The molecular formula is C30H41N5O4S2. The number of carbonyl (C=O) groups excluding carboxylic acids is 1. The minimum atomic E-state index is -4.05. The maximum atomic E-state index is 13.4. The van der Waals surface area contributed by atoms with E-state index in [0.717, 1.165) is 12.8 Å². The van der Waals surface area contributed by atoms with Crippen LogP contribution >= 0.6 is 10.0 Å². The highest BCUT2D eigenvalue weighted by Crippen LogP contribution is 2.66.